The first-order valence-electron chi connectivity index (χ1n) is 9.12. The van der Waals surface area contributed by atoms with Crippen molar-refractivity contribution >= 4 is 29.3 Å². The zero-order chi connectivity index (χ0) is 23.9. The molecule has 0 aliphatic heterocycles. The molecular formula is C20H20ClF3N4O4. The monoisotopic (exact) mass is 472 g/mol. The van der Waals surface area contributed by atoms with Gasteiger partial charge >= 0.3 is 12.1 Å². The highest BCUT2D eigenvalue weighted by Gasteiger charge is 2.32. The summed E-state index contributed by atoms with van der Waals surface area (Å²) in [6, 6.07) is 9.93. The van der Waals surface area contributed by atoms with Gasteiger partial charge in [0.15, 0.2) is 5.60 Å². The number of hydrogen-bond donors (Lipinski definition) is 5. The number of rotatable bonds is 9. The molecule has 32 heavy (non-hydrogen) atoms. The molecule has 2 rings (SSSR count). The van der Waals surface area contributed by atoms with Gasteiger partial charge in [-0.1, -0.05) is 29.8 Å². The van der Waals surface area contributed by atoms with E-state index in [0.717, 1.165) is 30.7 Å². The van der Waals surface area contributed by atoms with E-state index in [1.807, 2.05) is 0 Å². The number of aliphatic hydroxyl groups is 1. The van der Waals surface area contributed by atoms with Gasteiger partial charge in [-0.2, -0.15) is 13.2 Å². The maximum atomic E-state index is 12.9. The zero-order valence-electron chi connectivity index (χ0n) is 16.7. The van der Waals surface area contributed by atoms with Gasteiger partial charge in [0.2, 0.25) is 5.91 Å². The topological polar surface area (TPSA) is 124 Å². The number of halogens is 4. The number of hydrogen-bond acceptors (Lipinski definition) is 6. The first-order valence-corrected chi connectivity index (χ1v) is 9.49. The summed E-state index contributed by atoms with van der Waals surface area (Å²) < 4.78 is 38.8. The molecule has 1 aromatic heterocycles. The third-order valence-electron chi connectivity index (χ3n) is 4.04. The lowest BCUT2D eigenvalue weighted by atomic mass is 10.1. The predicted molar refractivity (Wildman–Crippen MR) is 111 cm³/mol. The van der Waals surface area contributed by atoms with Gasteiger partial charge in [-0.25, -0.2) is 9.78 Å². The van der Waals surface area contributed by atoms with Crippen LogP contribution in [0.3, 0.4) is 0 Å². The Bertz CT molecular complexity index is 995. The van der Waals surface area contributed by atoms with Crippen molar-refractivity contribution in [2.24, 2.45) is 0 Å². The number of alkyl halides is 3. The van der Waals surface area contributed by atoms with Gasteiger partial charge in [0.25, 0.3) is 0 Å². The Morgan fingerprint density at radius 2 is 1.78 bits per heavy atom. The second-order valence-corrected chi connectivity index (χ2v) is 7.30. The smallest absolute Gasteiger partial charge is 0.433 e. The van der Waals surface area contributed by atoms with E-state index in [9.17, 15) is 27.9 Å². The summed E-state index contributed by atoms with van der Waals surface area (Å²) >= 11 is 5.84. The van der Waals surface area contributed by atoms with Crippen LogP contribution in [0.15, 0.2) is 54.4 Å². The van der Waals surface area contributed by atoms with Crippen molar-refractivity contribution in [1.29, 1.82) is 0 Å². The lowest BCUT2D eigenvalue weighted by Gasteiger charge is -2.18. The van der Waals surface area contributed by atoms with Crippen molar-refractivity contribution in [1.82, 2.24) is 15.6 Å². The van der Waals surface area contributed by atoms with Crippen LogP contribution in [-0.2, 0) is 22.3 Å². The molecule has 1 heterocycles. The summed E-state index contributed by atoms with van der Waals surface area (Å²) in [5.74, 6) is -2.53. The highest BCUT2D eigenvalue weighted by Crippen LogP contribution is 2.28. The highest BCUT2D eigenvalue weighted by atomic mass is 35.5. The van der Waals surface area contributed by atoms with Crippen molar-refractivity contribution < 1.29 is 33.0 Å². The fraction of sp³-hybridized carbons (Fsp3) is 0.250. The molecule has 1 atom stereocenters. The second-order valence-electron chi connectivity index (χ2n) is 6.87. The van der Waals surface area contributed by atoms with E-state index in [1.165, 1.54) is 6.07 Å². The van der Waals surface area contributed by atoms with E-state index >= 15 is 0 Å². The SMILES string of the molecule is CC(O)(CNC(=O)/C=C(\NCc1ccc(Cl)cc1)Nc1cccc(C(F)(F)F)n1)C(=O)O. The molecule has 1 unspecified atom stereocenters. The van der Waals surface area contributed by atoms with Crippen LogP contribution in [0.5, 0.6) is 0 Å². The first-order chi connectivity index (χ1) is 14.9. The molecule has 0 aliphatic rings. The van der Waals surface area contributed by atoms with Crippen LogP contribution in [0.2, 0.25) is 5.02 Å². The highest BCUT2D eigenvalue weighted by molar-refractivity contribution is 6.30. The number of nitrogens with one attached hydrogen (secondary N) is 3. The fourth-order valence-electron chi connectivity index (χ4n) is 2.25. The van der Waals surface area contributed by atoms with Crippen LogP contribution < -0.4 is 16.0 Å². The molecule has 5 N–H and O–H groups in total. The van der Waals surface area contributed by atoms with Crippen LogP contribution in [0.1, 0.15) is 18.2 Å². The largest absolute Gasteiger partial charge is 0.479 e. The van der Waals surface area contributed by atoms with Gasteiger partial charge in [-0.05, 0) is 36.8 Å². The average molecular weight is 473 g/mol. The van der Waals surface area contributed by atoms with E-state index < -0.39 is 35.9 Å². The standard InChI is InChI=1S/C20H20ClF3N4O4/c1-19(32,18(30)31)11-26-17(29)9-16(25-10-12-5-7-13(21)8-6-12)28-15-4-2-3-14(27-15)20(22,23)24/h2-9,25,32H,10-11H2,1H3,(H,26,29)(H,27,28)(H,30,31)/b16-9+. The molecule has 0 aliphatic carbocycles. The third kappa shape index (κ3) is 7.75. The Morgan fingerprint density at radius 1 is 1.12 bits per heavy atom. The first kappa shape index (κ1) is 25.0. The molecule has 1 aromatic carbocycles. The van der Waals surface area contributed by atoms with E-state index in [-0.39, 0.29) is 18.2 Å². The molecule has 12 heteroatoms. The molecule has 8 nitrogen and oxygen atoms in total. The Balaban J connectivity index is 2.20. The molecule has 0 radical (unpaired) electrons. The van der Waals surface area contributed by atoms with Crippen molar-refractivity contribution in [2.45, 2.75) is 25.2 Å². The van der Waals surface area contributed by atoms with Crippen LogP contribution in [0.4, 0.5) is 19.0 Å². The zero-order valence-corrected chi connectivity index (χ0v) is 17.5. The summed E-state index contributed by atoms with van der Waals surface area (Å²) in [6.45, 7) is 0.586. The molecule has 1 amide bonds. The minimum Gasteiger partial charge on any atom is -0.479 e. The number of aromatic nitrogens is 1. The second kappa shape index (κ2) is 10.3. The number of carboxylic acid groups (broad SMARTS) is 1. The van der Waals surface area contributed by atoms with Gasteiger partial charge in [0, 0.05) is 17.6 Å². The number of benzene rings is 1. The minimum absolute atomic E-state index is 0.0146. The normalized spacial score (nSPS) is 13.8. The molecule has 0 spiro atoms. The summed E-state index contributed by atoms with van der Waals surface area (Å²) in [5, 5.41) is 26.8. The number of carboxylic acids is 1. The van der Waals surface area contributed by atoms with Gasteiger partial charge in [-0.3, -0.25) is 4.79 Å². The molecule has 0 saturated heterocycles. The molecular weight excluding hydrogens is 453 g/mol. The number of anilines is 1. The van der Waals surface area contributed by atoms with E-state index in [4.69, 9.17) is 16.7 Å². The third-order valence-corrected chi connectivity index (χ3v) is 4.29. The number of nitrogens with zero attached hydrogens (tertiary/aromatic N) is 1. The minimum atomic E-state index is -4.65. The van der Waals surface area contributed by atoms with E-state index in [0.29, 0.717) is 5.02 Å². The van der Waals surface area contributed by atoms with Crippen molar-refractivity contribution in [3.63, 3.8) is 0 Å². The number of pyridine rings is 1. The van der Waals surface area contributed by atoms with Gasteiger partial charge in [0.1, 0.15) is 17.3 Å². The van der Waals surface area contributed by atoms with Crippen molar-refractivity contribution in [3.05, 3.63) is 70.6 Å². The Labute approximate surface area is 186 Å². The summed E-state index contributed by atoms with van der Waals surface area (Å²) in [4.78, 5) is 26.6. The van der Waals surface area contributed by atoms with Crippen molar-refractivity contribution in [2.75, 3.05) is 11.9 Å². The lowest BCUT2D eigenvalue weighted by molar-refractivity contribution is -0.156. The number of carbonyl (C=O) groups is 2. The van der Waals surface area contributed by atoms with Crippen molar-refractivity contribution in [3.8, 4) is 0 Å². The molecule has 0 saturated carbocycles. The number of aliphatic carboxylic acids is 1. The summed E-state index contributed by atoms with van der Waals surface area (Å²) in [5.41, 5.74) is -2.56. The number of carbonyl (C=O) groups excluding carboxylic acids is 1. The summed E-state index contributed by atoms with van der Waals surface area (Å²) in [7, 11) is 0. The quantitative estimate of drug-likeness (QED) is 0.355. The molecule has 2 aromatic rings. The van der Waals surface area contributed by atoms with Gasteiger partial charge < -0.3 is 26.2 Å². The molecule has 172 valence electrons. The van der Waals surface area contributed by atoms with E-state index in [2.05, 4.69) is 20.9 Å². The fourth-order valence-corrected chi connectivity index (χ4v) is 2.37. The summed E-state index contributed by atoms with van der Waals surface area (Å²) in [6.07, 6.45) is -3.69. The Kier molecular flexibility index (Phi) is 8.06. The molecule has 0 bridgehead atoms. The maximum Gasteiger partial charge on any atom is 0.433 e. The number of amides is 1. The van der Waals surface area contributed by atoms with Gasteiger partial charge in [0.05, 0.1) is 6.54 Å². The van der Waals surface area contributed by atoms with Crippen LogP contribution in [-0.4, -0.2) is 39.2 Å². The Hall–Kier alpha value is -3.31. The van der Waals surface area contributed by atoms with Crippen LogP contribution in [0, 0.1) is 0 Å². The average Bonchev–Trinajstić information content (AvgIpc) is 2.71. The van der Waals surface area contributed by atoms with Crippen LogP contribution in [0.25, 0.3) is 0 Å². The van der Waals surface area contributed by atoms with Gasteiger partial charge in [-0.15, -0.1) is 0 Å². The predicted octanol–water partition coefficient (Wildman–Crippen LogP) is 2.75. The van der Waals surface area contributed by atoms with Crippen LogP contribution >= 0.6 is 11.6 Å². The van der Waals surface area contributed by atoms with E-state index in [1.54, 1.807) is 24.3 Å². The molecule has 0 fully saturated rings. The maximum absolute atomic E-state index is 12.9. The lowest BCUT2D eigenvalue weighted by Crippen LogP contribution is -2.46. The Morgan fingerprint density at radius 3 is 2.38 bits per heavy atom.